The van der Waals surface area contributed by atoms with E-state index in [4.69, 9.17) is 9.47 Å². The van der Waals surface area contributed by atoms with E-state index in [9.17, 15) is 14.0 Å². The summed E-state index contributed by atoms with van der Waals surface area (Å²) < 4.78 is 25.8. The smallest absolute Gasteiger partial charge is 0.263 e. The van der Waals surface area contributed by atoms with Crippen molar-refractivity contribution in [2.24, 2.45) is 5.92 Å². The standard InChI is InChI=1S/C31H42FN3O4/c1-5-28(31(37)34-15-13-33(14-16-34)17-18-38-4)39-26-10-9-23-11-12-35(29(36)19-22(2)3)30(27(23)21-26)24-7-6-8-25(32)20-24/h6-10,20-22,28,30H,5,11-19H2,1-4H3/t28-,30-/m0/s1. The molecular formula is C31H42FN3O4. The quantitative estimate of drug-likeness (QED) is 0.451. The van der Waals surface area contributed by atoms with Crippen molar-refractivity contribution in [2.45, 2.75) is 52.2 Å². The number of nitrogens with zero attached hydrogens (tertiary/aromatic N) is 3. The van der Waals surface area contributed by atoms with Crippen LogP contribution in [0.2, 0.25) is 0 Å². The van der Waals surface area contributed by atoms with Crippen molar-refractivity contribution in [3.05, 3.63) is 65.0 Å². The average Bonchev–Trinajstić information content (AvgIpc) is 2.93. The van der Waals surface area contributed by atoms with Gasteiger partial charge in [-0.05, 0) is 59.7 Å². The zero-order valence-corrected chi connectivity index (χ0v) is 23.7. The molecule has 8 heteroatoms. The monoisotopic (exact) mass is 539 g/mol. The molecule has 1 saturated heterocycles. The van der Waals surface area contributed by atoms with Crippen LogP contribution in [0.15, 0.2) is 42.5 Å². The van der Waals surface area contributed by atoms with Crippen LogP contribution in [0.3, 0.4) is 0 Å². The van der Waals surface area contributed by atoms with E-state index in [-0.39, 0.29) is 23.5 Å². The zero-order valence-electron chi connectivity index (χ0n) is 23.7. The van der Waals surface area contributed by atoms with Crippen LogP contribution in [0, 0.1) is 11.7 Å². The summed E-state index contributed by atoms with van der Waals surface area (Å²) in [7, 11) is 1.70. The van der Waals surface area contributed by atoms with Crippen LogP contribution in [0.25, 0.3) is 0 Å². The molecule has 0 aliphatic carbocycles. The van der Waals surface area contributed by atoms with Gasteiger partial charge in [0.1, 0.15) is 11.6 Å². The second-order valence-electron chi connectivity index (χ2n) is 10.9. The molecule has 0 N–H and O–H groups in total. The van der Waals surface area contributed by atoms with Crippen LogP contribution in [-0.4, -0.2) is 85.6 Å². The van der Waals surface area contributed by atoms with Gasteiger partial charge in [0.05, 0.1) is 12.6 Å². The Morgan fingerprint density at radius 1 is 1.05 bits per heavy atom. The highest BCUT2D eigenvalue weighted by molar-refractivity contribution is 5.81. The number of benzene rings is 2. The predicted molar refractivity (Wildman–Crippen MR) is 149 cm³/mol. The van der Waals surface area contributed by atoms with E-state index in [1.807, 2.05) is 54.8 Å². The van der Waals surface area contributed by atoms with Crippen molar-refractivity contribution in [1.29, 1.82) is 0 Å². The van der Waals surface area contributed by atoms with Crippen LogP contribution >= 0.6 is 0 Å². The van der Waals surface area contributed by atoms with Crippen LogP contribution in [0.4, 0.5) is 4.39 Å². The molecule has 212 valence electrons. The van der Waals surface area contributed by atoms with Crippen molar-refractivity contribution in [2.75, 3.05) is 53.0 Å². The maximum absolute atomic E-state index is 14.3. The summed E-state index contributed by atoms with van der Waals surface area (Å²) in [6, 6.07) is 11.9. The molecule has 1 fully saturated rings. The largest absolute Gasteiger partial charge is 0.481 e. The highest BCUT2D eigenvalue weighted by Gasteiger charge is 2.33. The third-order valence-corrected chi connectivity index (χ3v) is 7.63. The van der Waals surface area contributed by atoms with Gasteiger partial charge in [-0.2, -0.15) is 0 Å². The number of carbonyl (C=O) groups is 2. The molecule has 0 saturated carbocycles. The van der Waals surface area contributed by atoms with Gasteiger partial charge in [0.2, 0.25) is 5.91 Å². The first kappa shape index (κ1) is 29.0. The van der Waals surface area contributed by atoms with Gasteiger partial charge < -0.3 is 19.3 Å². The number of hydrogen-bond acceptors (Lipinski definition) is 5. The van der Waals surface area contributed by atoms with Gasteiger partial charge in [-0.25, -0.2) is 4.39 Å². The number of methoxy groups -OCH3 is 1. The minimum atomic E-state index is -0.594. The fourth-order valence-corrected chi connectivity index (χ4v) is 5.53. The Labute approximate surface area is 231 Å². The zero-order chi connectivity index (χ0) is 27.9. The molecule has 7 nitrogen and oxygen atoms in total. The Morgan fingerprint density at radius 3 is 2.49 bits per heavy atom. The van der Waals surface area contributed by atoms with Crippen molar-refractivity contribution in [3.8, 4) is 5.75 Å². The average molecular weight is 540 g/mol. The molecule has 0 radical (unpaired) electrons. The Kier molecular flexibility index (Phi) is 9.97. The van der Waals surface area contributed by atoms with E-state index in [0.29, 0.717) is 44.8 Å². The predicted octanol–water partition coefficient (Wildman–Crippen LogP) is 4.29. The van der Waals surface area contributed by atoms with Crippen LogP contribution in [0.1, 0.15) is 56.3 Å². The summed E-state index contributed by atoms with van der Waals surface area (Å²) in [5, 5.41) is 0. The maximum Gasteiger partial charge on any atom is 0.263 e. The SMILES string of the molecule is CC[C@H](Oc1ccc2c(c1)[C@H](c1cccc(F)c1)N(C(=O)CC(C)C)CC2)C(=O)N1CCN(CCOC)CC1. The molecule has 39 heavy (non-hydrogen) atoms. The van der Waals surface area contributed by atoms with Gasteiger partial charge in [-0.3, -0.25) is 14.5 Å². The van der Waals surface area contributed by atoms with Crippen molar-refractivity contribution in [3.63, 3.8) is 0 Å². The van der Waals surface area contributed by atoms with Gasteiger partial charge >= 0.3 is 0 Å². The first-order valence-electron chi connectivity index (χ1n) is 14.1. The number of amides is 2. The molecule has 0 bridgehead atoms. The molecule has 2 amide bonds. The topological polar surface area (TPSA) is 62.3 Å². The number of hydrogen-bond donors (Lipinski definition) is 0. The lowest BCUT2D eigenvalue weighted by molar-refractivity contribution is -0.140. The van der Waals surface area contributed by atoms with Crippen molar-refractivity contribution >= 4 is 11.8 Å². The summed E-state index contributed by atoms with van der Waals surface area (Å²) in [6.07, 6.45) is 1.10. The van der Waals surface area contributed by atoms with Gasteiger partial charge in [0, 0.05) is 52.8 Å². The Bertz CT molecular complexity index is 1130. The highest BCUT2D eigenvalue weighted by Crippen LogP contribution is 2.38. The summed E-state index contributed by atoms with van der Waals surface area (Å²) in [5.74, 6) is 0.536. The second kappa shape index (κ2) is 13.4. The number of fused-ring (bicyclic) bond motifs is 1. The fraction of sp³-hybridized carbons (Fsp3) is 0.548. The molecule has 2 aliphatic rings. The van der Waals surface area contributed by atoms with Gasteiger partial charge in [-0.1, -0.05) is 39.0 Å². The Balaban J connectivity index is 1.55. The molecule has 2 heterocycles. The molecule has 0 unspecified atom stereocenters. The van der Waals surface area contributed by atoms with Crippen LogP contribution in [-0.2, 0) is 20.7 Å². The molecular weight excluding hydrogens is 497 g/mol. The van der Waals surface area contributed by atoms with Gasteiger partial charge in [0.15, 0.2) is 6.10 Å². The highest BCUT2D eigenvalue weighted by atomic mass is 19.1. The minimum absolute atomic E-state index is 0.00275. The third kappa shape index (κ3) is 7.17. The number of halogens is 1. The van der Waals surface area contributed by atoms with E-state index in [1.165, 1.54) is 12.1 Å². The summed E-state index contributed by atoms with van der Waals surface area (Å²) in [4.78, 5) is 32.7. The number of piperazine rings is 1. The number of ether oxygens (including phenoxy) is 2. The minimum Gasteiger partial charge on any atom is -0.481 e. The second-order valence-corrected chi connectivity index (χ2v) is 10.9. The van der Waals surface area contributed by atoms with Crippen molar-refractivity contribution in [1.82, 2.24) is 14.7 Å². The lowest BCUT2D eigenvalue weighted by Crippen LogP contribution is -2.52. The van der Waals surface area contributed by atoms with E-state index in [2.05, 4.69) is 4.90 Å². The van der Waals surface area contributed by atoms with E-state index < -0.39 is 12.1 Å². The molecule has 2 aliphatic heterocycles. The number of rotatable bonds is 10. The molecule has 4 rings (SSSR count). The lowest BCUT2D eigenvalue weighted by Gasteiger charge is -2.38. The molecule has 0 aromatic heterocycles. The summed E-state index contributed by atoms with van der Waals surface area (Å²) in [5.41, 5.74) is 2.77. The molecule has 2 aromatic carbocycles. The van der Waals surface area contributed by atoms with E-state index >= 15 is 0 Å². The lowest BCUT2D eigenvalue weighted by atomic mass is 9.87. The summed E-state index contributed by atoms with van der Waals surface area (Å²) >= 11 is 0. The van der Waals surface area contributed by atoms with E-state index in [1.54, 1.807) is 13.2 Å². The van der Waals surface area contributed by atoms with E-state index in [0.717, 1.165) is 42.7 Å². The van der Waals surface area contributed by atoms with Crippen molar-refractivity contribution < 1.29 is 23.5 Å². The molecule has 2 atom stereocenters. The normalized spacial score (nSPS) is 18.7. The van der Waals surface area contributed by atoms with Gasteiger partial charge in [-0.15, -0.1) is 0 Å². The molecule has 0 spiro atoms. The fourth-order valence-electron chi connectivity index (χ4n) is 5.53. The first-order chi connectivity index (χ1) is 18.8. The van der Waals surface area contributed by atoms with Gasteiger partial charge in [0.25, 0.3) is 5.91 Å². The van der Waals surface area contributed by atoms with Crippen LogP contribution in [0.5, 0.6) is 5.75 Å². The summed E-state index contributed by atoms with van der Waals surface area (Å²) in [6.45, 7) is 11.1. The number of carbonyl (C=O) groups excluding carboxylic acids is 2. The van der Waals surface area contributed by atoms with Crippen LogP contribution < -0.4 is 4.74 Å². The first-order valence-corrected chi connectivity index (χ1v) is 14.1. The third-order valence-electron chi connectivity index (χ3n) is 7.63. The Hall–Kier alpha value is -2.97. The maximum atomic E-state index is 14.3. The Morgan fingerprint density at radius 2 is 1.82 bits per heavy atom. The molecule has 2 aromatic rings.